The van der Waals surface area contributed by atoms with Crippen molar-refractivity contribution < 1.29 is 4.74 Å². The van der Waals surface area contributed by atoms with Gasteiger partial charge in [0.1, 0.15) is 0 Å². The summed E-state index contributed by atoms with van der Waals surface area (Å²) in [6.07, 6.45) is 3.02. The molecule has 0 spiro atoms. The van der Waals surface area contributed by atoms with Crippen LogP contribution in [-0.2, 0) is 4.74 Å². The SMILES string of the molecule is CCOC(CN)CN(CC1CC1)C(C)C. The van der Waals surface area contributed by atoms with Crippen molar-refractivity contribution in [2.45, 2.75) is 45.8 Å². The average Bonchev–Trinajstić information content (AvgIpc) is 2.99. The Morgan fingerprint density at radius 3 is 2.47 bits per heavy atom. The van der Waals surface area contributed by atoms with E-state index in [2.05, 4.69) is 18.7 Å². The summed E-state index contributed by atoms with van der Waals surface area (Å²) in [5, 5.41) is 0. The van der Waals surface area contributed by atoms with Crippen LogP contribution in [0, 0.1) is 5.92 Å². The topological polar surface area (TPSA) is 38.5 Å². The lowest BCUT2D eigenvalue weighted by molar-refractivity contribution is 0.0299. The van der Waals surface area contributed by atoms with Gasteiger partial charge >= 0.3 is 0 Å². The van der Waals surface area contributed by atoms with Crippen molar-refractivity contribution in [2.75, 3.05) is 26.2 Å². The van der Waals surface area contributed by atoms with Crippen LogP contribution < -0.4 is 5.73 Å². The third kappa shape index (κ3) is 4.96. The molecule has 0 aliphatic heterocycles. The Morgan fingerprint density at radius 2 is 2.07 bits per heavy atom. The number of nitrogens with two attached hydrogens (primary N) is 1. The van der Waals surface area contributed by atoms with Gasteiger partial charge in [0, 0.05) is 32.3 Å². The molecule has 0 radical (unpaired) electrons. The van der Waals surface area contributed by atoms with Crippen LogP contribution in [0.2, 0.25) is 0 Å². The Labute approximate surface area is 94.0 Å². The predicted molar refractivity (Wildman–Crippen MR) is 63.9 cm³/mol. The lowest BCUT2D eigenvalue weighted by Crippen LogP contribution is -2.42. The summed E-state index contributed by atoms with van der Waals surface area (Å²) in [5.74, 6) is 0.937. The third-order valence-corrected chi connectivity index (χ3v) is 3.02. The summed E-state index contributed by atoms with van der Waals surface area (Å²) in [5.41, 5.74) is 5.70. The molecule has 1 atom stereocenters. The van der Waals surface area contributed by atoms with Crippen LogP contribution in [0.4, 0.5) is 0 Å². The Hall–Kier alpha value is -0.120. The molecule has 2 N–H and O–H groups in total. The maximum Gasteiger partial charge on any atom is 0.0823 e. The van der Waals surface area contributed by atoms with Crippen LogP contribution in [0.3, 0.4) is 0 Å². The van der Waals surface area contributed by atoms with Gasteiger partial charge in [0.05, 0.1) is 6.10 Å². The van der Waals surface area contributed by atoms with Crippen molar-refractivity contribution in [3.63, 3.8) is 0 Å². The highest BCUT2D eigenvalue weighted by Crippen LogP contribution is 2.30. The van der Waals surface area contributed by atoms with E-state index >= 15 is 0 Å². The highest BCUT2D eigenvalue weighted by atomic mass is 16.5. The van der Waals surface area contributed by atoms with E-state index in [1.807, 2.05) is 6.92 Å². The Balaban J connectivity index is 2.33. The largest absolute Gasteiger partial charge is 0.376 e. The van der Waals surface area contributed by atoms with Gasteiger partial charge in [-0.25, -0.2) is 0 Å². The number of hydrogen-bond acceptors (Lipinski definition) is 3. The van der Waals surface area contributed by atoms with E-state index in [9.17, 15) is 0 Å². The van der Waals surface area contributed by atoms with Crippen molar-refractivity contribution in [1.29, 1.82) is 0 Å². The van der Waals surface area contributed by atoms with Gasteiger partial charge in [-0.15, -0.1) is 0 Å². The van der Waals surface area contributed by atoms with Crippen molar-refractivity contribution in [2.24, 2.45) is 11.7 Å². The molecule has 1 aliphatic rings. The van der Waals surface area contributed by atoms with Gasteiger partial charge in [0.15, 0.2) is 0 Å². The van der Waals surface area contributed by atoms with E-state index in [1.54, 1.807) is 0 Å². The number of hydrogen-bond donors (Lipinski definition) is 1. The fourth-order valence-electron chi connectivity index (χ4n) is 1.82. The van der Waals surface area contributed by atoms with Crippen LogP contribution in [0.25, 0.3) is 0 Å². The van der Waals surface area contributed by atoms with Gasteiger partial charge in [0.2, 0.25) is 0 Å². The second kappa shape index (κ2) is 6.46. The van der Waals surface area contributed by atoms with Gasteiger partial charge in [-0.2, -0.15) is 0 Å². The molecule has 1 unspecified atom stereocenters. The molecular weight excluding hydrogens is 188 g/mol. The number of rotatable bonds is 8. The smallest absolute Gasteiger partial charge is 0.0823 e. The van der Waals surface area contributed by atoms with Gasteiger partial charge in [0.25, 0.3) is 0 Å². The molecule has 15 heavy (non-hydrogen) atoms. The molecule has 1 saturated carbocycles. The van der Waals surface area contributed by atoms with Crippen LogP contribution in [0.15, 0.2) is 0 Å². The van der Waals surface area contributed by atoms with Crippen molar-refractivity contribution in [3.8, 4) is 0 Å². The quantitative estimate of drug-likeness (QED) is 0.665. The van der Waals surface area contributed by atoms with Crippen LogP contribution in [-0.4, -0.2) is 43.3 Å². The molecule has 0 bridgehead atoms. The summed E-state index contributed by atoms with van der Waals surface area (Å²) in [6, 6.07) is 0.597. The summed E-state index contributed by atoms with van der Waals surface area (Å²) in [4.78, 5) is 2.50. The molecule has 1 rings (SSSR count). The first-order valence-corrected chi connectivity index (χ1v) is 6.23. The van der Waals surface area contributed by atoms with E-state index in [-0.39, 0.29) is 6.10 Å². The average molecular weight is 214 g/mol. The minimum absolute atomic E-state index is 0.205. The van der Waals surface area contributed by atoms with E-state index < -0.39 is 0 Å². The third-order valence-electron chi connectivity index (χ3n) is 3.02. The monoisotopic (exact) mass is 214 g/mol. The van der Waals surface area contributed by atoms with E-state index in [1.165, 1.54) is 19.4 Å². The highest BCUT2D eigenvalue weighted by Gasteiger charge is 2.26. The zero-order valence-electron chi connectivity index (χ0n) is 10.4. The van der Waals surface area contributed by atoms with Gasteiger partial charge < -0.3 is 10.5 Å². The molecular formula is C12H26N2O. The lowest BCUT2D eigenvalue weighted by Gasteiger charge is -2.30. The van der Waals surface area contributed by atoms with Crippen molar-refractivity contribution >= 4 is 0 Å². The minimum atomic E-state index is 0.205. The highest BCUT2D eigenvalue weighted by molar-refractivity contribution is 4.80. The molecule has 0 aromatic heterocycles. The van der Waals surface area contributed by atoms with Gasteiger partial charge in [-0.3, -0.25) is 4.90 Å². The Morgan fingerprint density at radius 1 is 1.40 bits per heavy atom. The fourth-order valence-corrected chi connectivity index (χ4v) is 1.82. The predicted octanol–water partition coefficient (Wildman–Crippen LogP) is 1.47. The zero-order chi connectivity index (χ0) is 11.3. The summed E-state index contributed by atoms with van der Waals surface area (Å²) < 4.78 is 5.61. The van der Waals surface area contributed by atoms with E-state index in [4.69, 9.17) is 10.5 Å². The fraction of sp³-hybridized carbons (Fsp3) is 1.00. The van der Waals surface area contributed by atoms with Gasteiger partial charge in [-0.05, 0) is 39.5 Å². The summed E-state index contributed by atoms with van der Waals surface area (Å²) in [7, 11) is 0. The number of nitrogens with zero attached hydrogens (tertiary/aromatic N) is 1. The van der Waals surface area contributed by atoms with Crippen molar-refractivity contribution in [3.05, 3.63) is 0 Å². The molecule has 0 amide bonds. The summed E-state index contributed by atoms with van der Waals surface area (Å²) in [6.45, 7) is 10.1. The molecule has 3 heteroatoms. The molecule has 90 valence electrons. The molecule has 0 aromatic carbocycles. The van der Waals surface area contributed by atoms with Crippen molar-refractivity contribution in [1.82, 2.24) is 4.90 Å². The molecule has 1 aliphatic carbocycles. The maximum atomic E-state index is 5.70. The molecule has 3 nitrogen and oxygen atoms in total. The van der Waals surface area contributed by atoms with E-state index in [0.29, 0.717) is 12.6 Å². The molecule has 0 aromatic rings. The molecule has 0 saturated heterocycles. The van der Waals surface area contributed by atoms with Crippen LogP contribution in [0.1, 0.15) is 33.6 Å². The van der Waals surface area contributed by atoms with Crippen LogP contribution in [0.5, 0.6) is 0 Å². The second-order valence-electron chi connectivity index (χ2n) is 4.80. The minimum Gasteiger partial charge on any atom is -0.376 e. The second-order valence-corrected chi connectivity index (χ2v) is 4.80. The Bertz CT molecular complexity index is 169. The lowest BCUT2D eigenvalue weighted by atomic mass is 10.2. The number of ether oxygens (including phenoxy) is 1. The molecule has 1 fully saturated rings. The van der Waals surface area contributed by atoms with Crippen LogP contribution >= 0.6 is 0 Å². The zero-order valence-corrected chi connectivity index (χ0v) is 10.4. The summed E-state index contributed by atoms with van der Waals surface area (Å²) >= 11 is 0. The molecule has 0 heterocycles. The van der Waals surface area contributed by atoms with Gasteiger partial charge in [-0.1, -0.05) is 0 Å². The Kier molecular flexibility index (Phi) is 5.58. The first-order chi connectivity index (χ1) is 7.17. The normalized spacial score (nSPS) is 18.8. The first-order valence-electron chi connectivity index (χ1n) is 6.23. The van der Waals surface area contributed by atoms with E-state index in [0.717, 1.165) is 19.1 Å². The first kappa shape index (κ1) is 12.9. The maximum absolute atomic E-state index is 5.70. The standard InChI is InChI=1S/C12H26N2O/c1-4-15-12(7-13)9-14(10(2)3)8-11-5-6-11/h10-12H,4-9,13H2,1-3H3.